The molecule has 0 unspecified atom stereocenters. The van der Waals surface area contributed by atoms with Crippen LogP contribution < -0.4 is 10.2 Å². The summed E-state index contributed by atoms with van der Waals surface area (Å²) in [5.41, 5.74) is 0. The van der Waals surface area contributed by atoms with E-state index in [9.17, 15) is 4.79 Å². The lowest BCUT2D eigenvalue weighted by Crippen LogP contribution is -3.16. The average molecular weight is 388 g/mol. The van der Waals surface area contributed by atoms with Crippen molar-refractivity contribution in [1.29, 1.82) is 0 Å². The lowest BCUT2D eigenvalue weighted by molar-refractivity contribution is -0.907. The van der Waals surface area contributed by atoms with Crippen molar-refractivity contribution in [1.82, 2.24) is 5.32 Å². The number of hydrogen-bond acceptors (Lipinski definition) is 3. The fourth-order valence-corrected chi connectivity index (χ4v) is 3.75. The van der Waals surface area contributed by atoms with Crippen LogP contribution in [-0.4, -0.2) is 50.0 Å². The molecule has 4 nitrogen and oxygen atoms in total. The summed E-state index contributed by atoms with van der Waals surface area (Å²) in [6, 6.07) is 8.23. The van der Waals surface area contributed by atoms with Crippen molar-refractivity contribution in [2.45, 2.75) is 31.0 Å². The minimum absolute atomic E-state index is 0.132. The van der Waals surface area contributed by atoms with Crippen molar-refractivity contribution in [3.8, 4) is 0 Å². The van der Waals surface area contributed by atoms with Gasteiger partial charge in [-0.05, 0) is 38.1 Å². The Morgan fingerprint density at radius 2 is 1.95 bits per heavy atom. The summed E-state index contributed by atoms with van der Waals surface area (Å²) in [7, 11) is 0. The maximum Gasteiger partial charge on any atom is 0.275 e. The van der Waals surface area contributed by atoms with Crippen molar-refractivity contribution in [3.63, 3.8) is 0 Å². The van der Waals surface area contributed by atoms with Gasteiger partial charge in [0.15, 0.2) is 6.54 Å². The molecule has 0 aliphatic carbocycles. The number of thioether (sulfide) groups is 1. The summed E-state index contributed by atoms with van der Waals surface area (Å²) in [5.74, 6) is 1.02. The molecule has 1 aliphatic heterocycles. The second kappa shape index (κ2) is 8.91. The zero-order chi connectivity index (χ0) is 15.9. The van der Waals surface area contributed by atoms with Gasteiger partial charge in [0.25, 0.3) is 5.91 Å². The van der Waals surface area contributed by atoms with Crippen LogP contribution in [0.4, 0.5) is 0 Å². The quantitative estimate of drug-likeness (QED) is 0.571. The SMILES string of the molecule is C[C@H]1C[NH+](CC(=O)NCCSc2ccc(Br)cc2)C[C@H](C)O1. The van der Waals surface area contributed by atoms with Crippen LogP contribution in [0.25, 0.3) is 0 Å². The number of carbonyl (C=O) groups is 1. The van der Waals surface area contributed by atoms with Gasteiger partial charge in [-0.2, -0.15) is 0 Å². The van der Waals surface area contributed by atoms with Crippen LogP contribution in [0.2, 0.25) is 0 Å². The van der Waals surface area contributed by atoms with Gasteiger partial charge in [-0.3, -0.25) is 4.79 Å². The molecule has 2 rings (SSSR count). The first kappa shape index (κ1) is 17.8. The molecule has 1 heterocycles. The van der Waals surface area contributed by atoms with E-state index in [1.165, 1.54) is 9.80 Å². The van der Waals surface area contributed by atoms with Crippen LogP contribution >= 0.6 is 27.7 Å². The topological polar surface area (TPSA) is 42.8 Å². The smallest absolute Gasteiger partial charge is 0.275 e. The summed E-state index contributed by atoms with van der Waals surface area (Å²) in [6.45, 7) is 7.21. The highest BCUT2D eigenvalue weighted by atomic mass is 79.9. The molecule has 0 saturated carbocycles. The maximum atomic E-state index is 12.0. The zero-order valence-electron chi connectivity index (χ0n) is 13.1. The Morgan fingerprint density at radius 3 is 2.59 bits per heavy atom. The van der Waals surface area contributed by atoms with Crippen LogP contribution in [0.3, 0.4) is 0 Å². The van der Waals surface area contributed by atoms with E-state index in [0.717, 1.165) is 23.3 Å². The van der Waals surface area contributed by atoms with E-state index >= 15 is 0 Å². The van der Waals surface area contributed by atoms with Crippen molar-refractivity contribution in [2.75, 3.05) is 31.9 Å². The molecule has 0 radical (unpaired) electrons. The monoisotopic (exact) mass is 387 g/mol. The van der Waals surface area contributed by atoms with Crippen LogP contribution in [-0.2, 0) is 9.53 Å². The van der Waals surface area contributed by atoms with E-state index in [-0.39, 0.29) is 18.1 Å². The van der Waals surface area contributed by atoms with E-state index < -0.39 is 0 Å². The second-order valence-electron chi connectivity index (χ2n) is 5.74. The highest BCUT2D eigenvalue weighted by molar-refractivity contribution is 9.10. The Bertz CT molecular complexity index is 474. The predicted octanol–water partition coefficient (Wildman–Crippen LogP) is 1.35. The number of rotatable bonds is 6. The summed E-state index contributed by atoms with van der Waals surface area (Å²) >= 11 is 5.18. The highest BCUT2D eigenvalue weighted by Crippen LogP contribution is 2.19. The van der Waals surface area contributed by atoms with E-state index in [2.05, 4.69) is 47.2 Å². The Kier molecular flexibility index (Phi) is 7.21. The molecule has 2 atom stereocenters. The lowest BCUT2D eigenvalue weighted by atomic mass is 10.2. The molecule has 1 aliphatic rings. The van der Waals surface area contributed by atoms with Crippen LogP contribution in [0.15, 0.2) is 33.6 Å². The zero-order valence-corrected chi connectivity index (χ0v) is 15.5. The molecular formula is C16H24BrN2O2S+. The molecule has 1 aromatic rings. The van der Waals surface area contributed by atoms with Crippen LogP contribution in [0.5, 0.6) is 0 Å². The number of halogens is 1. The standard InChI is InChI=1S/C16H23BrN2O2S/c1-12-9-19(10-13(2)21-12)11-16(20)18-7-8-22-15-5-3-14(17)4-6-15/h3-6,12-13H,7-11H2,1-2H3,(H,18,20)/p+1/t12-,13-/m0/s1. The molecule has 1 aromatic carbocycles. The third-order valence-corrected chi connectivity index (χ3v) is 5.08. The van der Waals surface area contributed by atoms with E-state index in [1.807, 2.05) is 12.1 Å². The van der Waals surface area contributed by atoms with E-state index in [4.69, 9.17) is 4.74 Å². The number of nitrogens with one attached hydrogen (secondary N) is 2. The largest absolute Gasteiger partial charge is 0.364 e. The number of quaternary nitrogens is 1. The number of amides is 1. The van der Waals surface area contributed by atoms with Crippen LogP contribution in [0.1, 0.15) is 13.8 Å². The minimum Gasteiger partial charge on any atom is -0.364 e. The molecule has 1 amide bonds. The van der Waals surface area contributed by atoms with Gasteiger partial charge in [-0.1, -0.05) is 15.9 Å². The number of benzene rings is 1. The highest BCUT2D eigenvalue weighted by Gasteiger charge is 2.26. The van der Waals surface area contributed by atoms with Gasteiger partial charge in [0.2, 0.25) is 0 Å². The average Bonchev–Trinajstić information content (AvgIpc) is 2.44. The summed E-state index contributed by atoms with van der Waals surface area (Å²) in [4.78, 5) is 14.5. The molecule has 0 spiro atoms. The summed E-state index contributed by atoms with van der Waals surface area (Å²) in [5, 5.41) is 3.01. The van der Waals surface area contributed by atoms with Gasteiger partial charge in [0.05, 0.1) is 0 Å². The lowest BCUT2D eigenvalue weighted by Gasteiger charge is -2.31. The molecule has 122 valence electrons. The van der Waals surface area contributed by atoms with Crippen molar-refractivity contribution >= 4 is 33.6 Å². The molecule has 1 saturated heterocycles. The minimum atomic E-state index is 0.132. The van der Waals surface area contributed by atoms with Crippen LogP contribution in [0, 0.1) is 0 Å². The van der Waals surface area contributed by atoms with Gasteiger partial charge < -0.3 is 15.0 Å². The summed E-state index contributed by atoms with van der Waals surface area (Å²) in [6.07, 6.45) is 0.471. The third-order valence-electron chi connectivity index (χ3n) is 3.53. The molecule has 22 heavy (non-hydrogen) atoms. The fourth-order valence-electron chi connectivity index (χ4n) is 2.71. The second-order valence-corrected chi connectivity index (χ2v) is 7.83. The molecule has 2 N–H and O–H groups in total. The fraction of sp³-hybridized carbons (Fsp3) is 0.562. The Morgan fingerprint density at radius 1 is 1.32 bits per heavy atom. The first-order chi connectivity index (χ1) is 10.5. The first-order valence-corrected chi connectivity index (χ1v) is 9.45. The molecule has 0 bridgehead atoms. The Hall–Kier alpha value is -0.560. The van der Waals surface area contributed by atoms with Crippen molar-refractivity contribution in [3.05, 3.63) is 28.7 Å². The molecule has 0 aromatic heterocycles. The van der Waals surface area contributed by atoms with Gasteiger partial charge in [-0.15, -0.1) is 11.8 Å². The third kappa shape index (κ3) is 6.28. The van der Waals surface area contributed by atoms with Crippen molar-refractivity contribution < 1.29 is 14.4 Å². The number of hydrogen-bond donors (Lipinski definition) is 2. The van der Waals surface area contributed by atoms with E-state index in [0.29, 0.717) is 13.1 Å². The predicted molar refractivity (Wildman–Crippen MR) is 93.4 cm³/mol. The number of morpholine rings is 1. The first-order valence-electron chi connectivity index (χ1n) is 7.67. The van der Waals surface area contributed by atoms with E-state index in [1.54, 1.807) is 11.8 Å². The molecular weight excluding hydrogens is 364 g/mol. The maximum absolute atomic E-state index is 12.0. The normalized spacial score (nSPS) is 25.0. The van der Waals surface area contributed by atoms with Gasteiger partial charge in [-0.25, -0.2) is 0 Å². The number of ether oxygens (including phenoxy) is 1. The Labute approximate surface area is 145 Å². The van der Waals surface area contributed by atoms with Gasteiger partial charge in [0.1, 0.15) is 25.3 Å². The van der Waals surface area contributed by atoms with Gasteiger partial charge >= 0.3 is 0 Å². The van der Waals surface area contributed by atoms with Crippen molar-refractivity contribution in [2.24, 2.45) is 0 Å². The summed E-state index contributed by atoms with van der Waals surface area (Å²) < 4.78 is 6.78. The number of carbonyl (C=O) groups excluding carboxylic acids is 1. The Balaban J connectivity index is 1.62. The molecule has 1 fully saturated rings. The van der Waals surface area contributed by atoms with Gasteiger partial charge in [0, 0.05) is 21.7 Å². The molecule has 6 heteroatoms.